The summed E-state index contributed by atoms with van der Waals surface area (Å²) in [7, 11) is 0. The van der Waals surface area contributed by atoms with Gasteiger partial charge in [-0.25, -0.2) is 5.43 Å². The second kappa shape index (κ2) is 5.95. The van der Waals surface area contributed by atoms with Crippen molar-refractivity contribution in [3.8, 4) is 0 Å². The van der Waals surface area contributed by atoms with Crippen molar-refractivity contribution in [3.63, 3.8) is 0 Å². The summed E-state index contributed by atoms with van der Waals surface area (Å²) in [6, 6.07) is 12.7. The van der Waals surface area contributed by atoms with Gasteiger partial charge in [-0.2, -0.15) is 0 Å². The van der Waals surface area contributed by atoms with Crippen molar-refractivity contribution in [2.75, 3.05) is 0 Å². The van der Waals surface area contributed by atoms with E-state index < -0.39 is 0 Å². The van der Waals surface area contributed by atoms with Gasteiger partial charge >= 0.3 is 0 Å². The number of aryl methyl sites for hydroxylation is 3. The molecule has 1 heterocycles. The van der Waals surface area contributed by atoms with E-state index in [0.717, 1.165) is 23.4 Å². The predicted octanol–water partition coefficient (Wildman–Crippen LogP) is 2.81. The van der Waals surface area contributed by atoms with E-state index in [0.29, 0.717) is 0 Å². The van der Waals surface area contributed by atoms with Crippen molar-refractivity contribution in [2.24, 2.45) is 5.84 Å². The summed E-state index contributed by atoms with van der Waals surface area (Å²) < 4.78 is 0. The van der Waals surface area contributed by atoms with E-state index in [-0.39, 0.29) is 6.04 Å². The van der Waals surface area contributed by atoms with Gasteiger partial charge in [0.05, 0.1) is 6.04 Å². The number of nitrogens with two attached hydrogens (primary N) is 1. The molecule has 0 fully saturated rings. The first-order valence-corrected chi connectivity index (χ1v) is 6.64. The zero-order valence-corrected chi connectivity index (χ0v) is 11.8. The minimum atomic E-state index is 0.00584. The molecule has 0 aliphatic rings. The summed E-state index contributed by atoms with van der Waals surface area (Å²) in [5.74, 6) is 5.74. The Labute approximate surface area is 114 Å². The second-order valence-electron chi connectivity index (χ2n) is 4.88. The Morgan fingerprint density at radius 3 is 2.11 bits per heavy atom. The molecule has 0 radical (unpaired) electrons. The van der Waals surface area contributed by atoms with Gasteiger partial charge in [0.2, 0.25) is 0 Å². The molecule has 19 heavy (non-hydrogen) atoms. The minimum Gasteiger partial charge on any atom is -0.271 e. The van der Waals surface area contributed by atoms with E-state index in [1.54, 1.807) is 0 Å². The number of pyridine rings is 1. The summed E-state index contributed by atoms with van der Waals surface area (Å²) in [6.45, 7) is 6.16. The molecule has 0 saturated carbocycles. The molecule has 1 unspecified atom stereocenters. The molecule has 0 spiro atoms. The average Bonchev–Trinajstić information content (AvgIpc) is 2.39. The molecule has 1 atom stereocenters. The third-order valence-corrected chi connectivity index (χ3v) is 3.33. The Hall–Kier alpha value is -1.71. The highest BCUT2D eigenvalue weighted by atomic mass is 15.2. The molecular weight excluding hydrogens is 234 g/mol. The predicted molar refractivity (Wildman–Crippen MR) is 78.7 cm³/mol. The quantitative estimate of drug-likeness (QED) is 0.652. The number of hydrogen-bond acceptors (Lipinski definition) is 3. The minimum absolute atomic E-state index is 0.00584. The topological polar surface area (TPSA) is 50.9 Å². The van der Waals surface area contributed by atoms with Crippen LogP contribution in [-0.2, 0) is 6.42 Å². The van der Waals surface area contributed by atoms with Crippen molar-refractivity contribution in [3.05, 3.63) is 64.5 Å². The molecule has 1 aromatic carbocycles. The van der Waals surface area contributed by atoms with Crippen molar-refractivity contribution < 1.29 is 0 Å². The lowest BCUT2D eigenvalue weighted by molar-refractivity contribution is 0.634. The van der Waals surface area contributed by atoms with E-state index in [2.05, 4.69) is 53.7 Å². The Kier molecular flexibility index (Phi) is 4.30. The largest absolute Gasteiger partial charge is 0.271 e. The van der Waals surface area contributed by atoms with Crippen LogP contribution in [0.15, 0.2) is 36.4 Å². The van der Waals surface area contributed by atoms with Crippen molar-refractivity contribution in [1.29, 1.82) is 0 Å². The fourth-order valence-corrected chi connectivity index (χ4v) is 2.36. The summed E-state index contributed by atoms with van der Waals surface area (Å²) in [4.78, 5) is 4.40. The normalized spacial score (nSPS) is 12.4. The van der Waals surface area contributed by atoms with Crippen LogP contribution in [0, 0.1) is 13.8 Å². The zero-order valence-electron chi connectivity index (χ0n) is 11.8. The van der Waals surface area contributed by atoms with Gasteiger partial charge in [0.25, 0.3) is 0 Å². The molecule has 0 bridgehead atoms. The molecule has 3 heteroatoms. The highest BCUT2D eigenvalue weighted by Crippen LogP contribution is 2.22. The Morgan fingerprint density at radius 2 is 1.63 bits per heavy atom. The maximum absolute atomic E-state index is 5.74. The van der Waals surface area contributed by atoms with Crippen LogP contribution in [0.25, 0.3) is 0 Å². The lowest BCUT2D eigenvalue weighted by Crippen LogP contribution is -2.29. The first-order valence-electron chi connectivity index (χ1n) is 6.64. The Balaban J connectivity index is 2.37. The lowest BCUT2D eigenvalue weighted by Gasteiger charge is -2.18. The SMILES string of the molecule is CCc1ccc(C(NN)c2cc(C)nc(C)c2)cc1. The fraction of sp³-hybridized carbons (Fsp3) is 0.312. The van der Waals surface area contributed by atoms with Crippen LogP contribution in [0.3, 0.4) is 0 Å². The average molecular weight is 255 g/mol. The summed E-state index contributed by atoms with van der Waals surface area (Å²) >= 11 is 0. The molecule has 2 aromatic rings. The van der Waals surface area contributed by atoms with E-state index in [1.165, 1.54) is 11.1 Å². The van der Waals surface area contributed by atoms with Crippen LogP contribution < -0.4 is 11.3 Å². The van der Waals surface area contributed by atoms with Gasteiger partial charge < -0.3 is 0 Å². The Bertz CT molecular complexity index is 526. The number of hydrogen-bond donors (Lipinski definition) is 2. The van der Waals surface area contributed by atoms with Crippen LogP contribution in [0.1, 0.15) is 41.0 Å². The number of benzene rings is 1. The number of nitrogens with zero attached hydrogens (tertiary/aromatic N) is 1. The van der Waals surface area contributed by atoms with E-state index in [4.69, 9.17) is 5.84 Å². The Morgan fingerprint density at radius 1 is 1.05 bits per heavy atom. The monoisotopic (exact) mass is 255 g/mol. The summed E-state index contributed by atoms with van der Waals surface area (Å²) in [5, 5.41) is 0. The first-order chi connectivity index (χ1) is 9.13. The van der Waals surface area contributed by atoms with Gasteiger partial charge in [0.15, 0.2) is 0 Å². The van der Waals surface area contributed by atoms with Gasteiger partial charge in [-0.3, -0.25) is 10.8 Å². The second-order valence-corrected chi connectivity index (χ2v) is 4.88. The summed E-state index contributed by atoms with van der Waals surface area (Å²) in [6.07, 6.45) is 1.05. The van der Waals surface area contributed by atoms with Gasteiger partial charge in [-0.1, -0.05) is 31.2 Å². The molecule has 1 aromatic heterocycles. The zero-order chi connectivity index (χ0) is 13.8. The third kappa shape index (κ3) is 3.19. The number of nitrogens with one attached hydrogen (secondary N) is 1. The van der Waals surface area contributed by atoms with Crippen molar-refractivity contribution >= 4 is 0 Å². The summed E-state index contributed by atoms with van der Waals surface area (Å²) in [5.41, 5.74) is 8.58. The first kappa shape index (κ1) is 13.7. The van der Waals surface area contributed by atoms with Crippen LogP contribution in [0.5, 0.6) is 0 Å². The van der Waals surface area contributed by atoms with E-state index in [9.17, 15) is 0 Å². The van der Waals surface area contributed by atoms with E-state index in [1.807, 2.05) is 13.8 Å². The molecule has 2 rings (SSSR count). The van der Waals surface area contributed by atoms with Crippen LogP contribution in [0.4, 0.5) is 0 Å². The van der Waals surface area contributed by atoms with Gasteiger partial charge in [0.1, 0.15) is 0 Å². The van der Waals surface area contributed by atoms with Crippen molar-refractivity contribution in [1.82, 2.24) is 10.4 Å². The molecule has 0 aliphatic carbocycles. The van der Waals surface area contributed by atoms with Gasteiger partial charge in [-0.05, 0) is 49.1 Å². The third-order valence-electron chi connectivity index (χ3n) is 3.33. The van der Waals surface area contributed by atoms with Gasteiger partial charge in [0, 0.05) is 11.4 Å². The van der Waals surface area contributed by atoms with E-state index >= 15 is 0 Å². The smallest absolute Gasteiger partial charge is 0.0711 e. The molecule has 100 valence electrons. The lowest BCUT2D eigenvalue weighted by atomic mass is 9.97. The molecule has 3 nitrogen and oxygen atoms in total. The maximum Gasteiger partial charge on any atom is 0.0711 e. The standard InChI is InChI=1S/C16H21N3/c1-4-13-5-7-14(8-6-13)16(19-17)15-9-11(2)18-12(3)10-15/h5-10,16,19H,4,17H2,1-3H3. The van der Waals surface area contributed by atoms with Crippen LogP contribution >= 0.6 is 0 Å². The molecule has 0 aliphatic heterocycles. The number of aromatic nitrogens is 1. The maximum atomic E-state index is 5.74. The highest BCUT2D eigenvalue weighted by molar-refractivity contribution is 5.34. The van der Waals surface area contributed by atoms with Crippen LogP contribution in [-0.4, -0.2) is 4.98 Å². The van der Waals surface area contributed by atoms with Gasteiger partial charge in [-0.15, -0.1) is 0 Å². The molecular formula is C16H21N3. The highest BCUT2D eigenvalue weighted by Gasteiger charge is 2.13. The van der Waals surface area contributed by atoms with Crippen molar-refractivity contribution in [2.45, 2.75) is 33.2 Å². The molecule has 3 N–H and O–H groups in total. The molecule has 0 amide bonds. The molecule has 0 saturated heterocycles. The fourth-order valence-electron chi connectivity index (χ4n) is 2.36. The van der Waals surface area contributed by atoms with Crippen LogP contribution in [0.2, 0.25) is 0 Å². The number of hydrazine groups is 1. The number of rotatable bonds is 4.